The Hall–Kier alpha value is -3.98. The number of hydrogen-bond acceptors (Lipinski definition) is 5. The van der Waals surface area contributed by atoms with E-state index in [0.29, 0.717) is 30.8 Å². The average Bonchev–Trinajstić information content (AvgIpc) is 3.49. The molecule has 2 heterocycles. The standard InChI is InChI=1S/C26H20F3N3O3/c27-26(28,29)22-13-18(8-9-21(22)16-4-2-1-3-5-16)25-30-24(31-35-25)17-6-7-19-14-32(11-10-23(33)34)15-20(19)12-17/h1-9,12-13H,10-11,14-15H2,(H,33,34). The lowest BCUT2D eigenvalue weighted by atomic mass is 9.97. The third-order valence-corrected chi connectivity index (χ3v) is 5.98. The Morgan fingerprint density at radius 3 is 2.43 bits per heavy atom. The maximum absolute atomic E-state index is 13.9. The second kappa shape index (κ2) is 8.99. The SMILES string of the molecule is O=C(O)CCN1Cc2ccc(-c3noc(-c4ccc(-c5ccccc5)c(C(F)(F)F)c4)n3)cc2C1. The zero-order chi connectivity index (χ0) is 24.6. The highest BCUT2D eigenvalue weighted by molar-refractivity contribution is 5.72. The third kappa shape index (κ3) is 4.81. The minimum absolute atomic E-state index is 0.00584. The highest BCUT2D eigenvalue weighted by Gasteiger charge is 2.34. The number of hydrogen-bond donors (Lipinski definition) is 1. The van der Waals surface area contributed by atoms with Gasteiger partial charge in [-0.05, 0) is 40.5 Å². The van der Waals surface area contributed by atoms with E-state index in [2.05, 4.69) is 10.1 Å². The Kier molecular flexibility index (Phi) is 5.86. The molecule has 4 aromatic rings. The van der Waals surface area contributed by atoms with E-state index in [1.807, 2.05) is 23.1 Å². The molecular formula is C26H20F3N3O3. The Morgan fingerprint density at radius 2 is 1.69 bits per heavy atom. The largest absolute Gasteiger partial charge is 0.481 e. The van der Waals surface area contributed by atoms with Crippen molar-refractivity contribution in [2.24, 2.45) is 0 Å². The van der Waals surface area contributed by atoms with Gasteiger partial charge in [0, 0.05) is 30.8 Å². The second-order valence-electron chi connectivity index (χ2n) is 8.39. The maximum atomic E-state index is 13.9. The van der Waals surface area contributed by atoms with Crippen molar-refractivity contribution < 1.29 is 27.6 Å². The van der Waals surface area contributed by atoms with E-state index < -0.39 is 17.7 Å². The summed E-state index contributed by atoms with van der Waals surface area (Å²) in [5.74, 6) is -0.576. The van der Waals surface area contributed by atoms with Crippen LogP contribution in [0.5, 0.6) is 0 Å². The molecule has 0 radical (unpaired) electrons. The van der Waals surface area contributed by atoms with Gasteiger partial charge >= 0.3 is 12.1 Å². The van der Waals surface area contributed by atoms with Gasteiger partial charge in [0.25, 0.3) is 5.89 Å². The lowest BCUT2D eigenvalue weighted by Crippen LogP contribution is -2.20. The number of aromatic nitrogens is 2. The highest BCUT2D eigenvalue weighted by atomic mass is 19.4. The summed E-state index contributed by atoms with van der Waals surface area (Å²) in [5.41, 5.74) is 2.74. The van der Waals surface area contributed by atoms with Gasteiger partial charge in [-0.1, -0.05) is 53.7 Å². The van der Waals surface area contributed by atoms with Crippen LogP contribution < -0.4 is 0 Å². The van der Waals surface area contributed by atoms with Crippen molar-refractivity contribution in [1.82, 2.24) is 15.0 Å². The van der Waals surface area contributed by atoms with Crippen LogP contribution in [0.2, 0.25) is 0 Å². The number of carboxylic acid groups (broad SMARTS) is 1. The Balaban J connectivity index is 1.42. The number of aliphatic carboxylic acids is 1. The van der Waals surface area contributed by atoms with Gasteiger partial charge in [-0.15, -0.1) is 0 Å². The topological polar surface area (TPSA) is 79.5 Å². The van der Waals surface area contributed by atoms with Crippen LogP contribution in [0.4, 0.5) is 13.2 Å². The van der Waals surface area contributed by atoms with Crippen molar-refractivity contribution >= 4 is 5.97 Å². The number of carbonyl (C=O) groups is 1. The fourth-order valence-corrected chi connectivity index (χ4v) is 4.26. The Morgan fingerprint density at radius 1 is 0.943 bits per heavy atom. The fraction of sp³-hybridized carbons (Fsp3) is 0.192. The molecule has 1 aliphatic rings. The lowest BCUT2D eigenvalue weighted by molar-refractivity contribution is -0.138. The molecule has 0 spiro atoms. The van der Waals surface area contributed by atoms with E-state index in [-0.39, 0.29) is 29.3 Å². The number of fused-ring (bicyclic) bond motifs is 1. The average molecular weight is 479 g/mol. The van der Waals surface area contributed by atoms with Crippen molar-refractivity contribution in [3.8, 4) is 34.0 Å². The number of halogens is 3. The van der Waals surface area contributed by atoms with Gasteiger partial charge in [0.2, 0.25) is 5.82 Å². The molecule has 0 unspecified atom stereocenters. The van der Waals surface area contributed by atoms with E-state index in [1.165, 1.54) is 12.1 Å². The zero-order valence-electron chi connectivity index (χ0n) is 18.4. The molecule has 0 bridgehead atoms. The molecule has 9 heteroatoms. The number of benzene rings is 3. The van der Waals surface area contributed by atoms with E-state index in [1.54, 1.807) is 30.3 Å². The third-order valence-electron chi connectivity index (χ3n) is 5.98. The van der Waals surface area contributed by atoms with Crippen LogP contribution in [0.1, 0.15) is 23.1 Å². The molecule has 35 heavy (non-hydrogen) atoms. The molecule has 0 aliphatic carbocycles. The predicted molar refractivity (Wildman–Crippen MR) is 122 cm³/mol. The first kappa shape index (κ1) is 22.8. The predicted octanol–water partition coefficient (Wildman–Crippen LogP) is 5.88. The lowest BCUT2D eigenvalue weighted by Gasteiger charge is -2.14. The molecular weight excluding hydrogens is 459 g/mol. The van der Waals surface area contributed by atoms with Crippen molar-refractivity contribution in [3.05, 3.63) is 83.4 Å². The van der Waals surface area contributed by atoms with Gasteiger partial charge in [-0.2, -0.15) is 18.2 Å². The first-order chi connectivity index (χ1) is 16.8. The summed E-state index contributed by atoms with van der Waals surface area (Å²) in [6.45, 7) is 1.72. The molecule has 178 valence electrons. The molecule has 1 aromatic heterocycles. The molecule has 6 nitrogen and oxygen atoms in total. The molecule has 0 saturated carbocycles. The van der Waals surface area contributed by atoms with Crippen molar-refractivity contribution in [2.45, 2.75) is 25.7 Å². The summed E-state index contributed by atoms with van der Waals surface area (Å²) < 4.78 is 46.9. The monoisotopic (exact) mass is 479 g/mol. The van der Waals surface area contributed by atoms with Gasteiger partial charge in [0.15, 0.2) is 0 Å². The van der Waals surface area contributed by atoms with Crippen molar-refractivity contribution in [2.75, 3.05) is 6.54 Å². The number of rotatable bonds is 6. The molecule has 1 aliphatic heterocycles. The van der Waals surface area contributed by atoms with Crippen LogP contribution in [-0.2, 0) is 24.1 Å². The molecule has 0 fully saturated rings. The van der Waals surface area contributed by atoms with Crippen LogP contribution in [0.15, 0.2) is 71.3 Å². The summed E-state index contributed by atoms with van der Waals surface area (Å²) >= 11 is 0. The number of carboxylic acids is 1. The van der Waals surface area contributed by atoms with E-state index >= 15 is 0 Å². The van der Waals surface area contributed by atoms with Crippen molar-refractivity contribution in [1.29, 1.82) is 0 Å². The molecule has 0 amide bonds. The van der Waals surface area contributed by atoms with Crippen LogP contribution in [0.3, 0.4) is 0 Å². The van der Waals surface area contributed by atoms with E-state index in [4.69, 9.17) is 9.63 Å². The summed E-state index contributed by atoms with van der Waals surface area (Å²) in [5, 5.41) is 12.9. The minimum Gasteiger partial charge on any atom is -0.481 e. The van der Waals surface area contributed by atoms with Gasteiger partial charge in [-0.25, -0.2) is 0 Å². The van der Waals surface area contributed by atoms with Crippen LogP contribution >= 0.6 is 0 Å². The van der Waals surface area contributed by atoms with Gasteiger partial charge in [0.05, 0.1) is 12.0 Å². The van der Waals surface area contributed by atoms with E-state index in [9.17, 15) is 18.0 Å². The fourth-order valence-electron chi connectivity index (χ4n) is 4.26. The molecule has 3 aromatic carbocycles. The summed E-state index contributed by atoms with van der Waals surface area (Å²) in [6.07, 6.45) is -4.49. The van der Waals surface area contributed by atoms with Crippen LogP contribution in [0, 0.1) is 0 Å². The van der Waals surface area contributed by atoms with E-state index in [0.717, 1.165) is 17.2 Å². The number of nitrogens with zero attached hydrogens (tertiary/aromatic N) is 3. The first-order valence-electron chi connectivity index (χ1n) is 10.9. The Bertz CT molecular complexity index is 1380. The quantitative estimate of drug-likeness (QED) is 0.372. The molecule has 1 N–H and O–H groups in total. The molecule has 0 saturated heterocycles. The summed E-state index contributed by atoms with van der Waals surface area (Å²) in [6, 6.07) is 18.0. The van der Waals surface area contributed by atoms with Crippen molar-refractivity contribution in [3.63, 3.8) is 0 Å². The smallest absolute Gasteiger partial charge is 0.417 e. The minimum atomic E-state index is -4.56. The van der Waals surface area contributed by atoms with Crippen LogP contribution in [-0.4, -0.2) is 32.7 Å². The highest BCUT2D eigenvalue weighted by Crippen LogP contribution is 2.39. The van der Waals surface area contributed by atoms with Gasteiger partial charge < -0.3 is 9.63 Å². The van der Waals surface area contributed by atoms with Crippen LogP contribution in [0.25, 0.3) is 34.0 Å². The molecule has 5 rings (SSSR count). The maximum Gasteiger partial charge on any atom is 0.417 e. The van der Waals surface area contributed by atoms with Gasteiger partial charge in [0.1, 0.15) is 0 Å². The second-order valence-corrected chi connectivity index (χ2v) is 8.39. The Labute approximate surface area is 198 Å². The molecule has 0 atom stereocenters. The van der Waals surface area contributed by atoms with Gasteiger partial charge in [-0.3, -0.25) is 9.69 Å². The first-order valence-corrected chi connectivity index (χ1v) is 10.9. The normalized spacial score (nSPS) is 13.7. The number of alkyl halides is 3. The summed E-state index contributed by atoms with van der Waals surface area (Å²) in [4.78, 5) is 17.2. The summed E-state index contributed by atoms with van der Waals surface area (Å²) in [7, 11) is 0. The zero-order valence-corrected chi connectivity index (χ0v) is 18.4.